The first-order valence-electron chi connectivity index (χ1n) is 7.34. The third-order valence-electron chi connectivity index (χ3n) is 3.36. The van der Waals surface area contributed by atoms with E-state index in [1.807, 2.05) is 18.2 Å². The van der Waals surface area contributed by atoms with E-state index in [0.717, 1.165) is 5.56 Å². The molecule has 3 aromatic rings. The molecule has 3 rings (SSSR count). The molecule has 8 heteroatoms. The van der Waals surface area contributed by atoms with Gasteiger partial charge in [0.25, 0.3) is 5.56 Å². The minimum atomic E-state index is -0.389. The predicted molar refractivity (Wildman–Crippen MR) is 91.7 cm³/mol. The minimum absolute atomic E-state index is 0.0803. The number of carbonyl (C=O) groups is 1. The topological polar surface area (TPSA) is 73.6 Å². The van der Waals surface area contributed by atoms with Gasteiger partial charge in [-0.3, -0.25) is 9.59 Å². The fourth-order valence-corrected chi connectivity index (χ4v) is 3.27. The molecule has 0 radical (unpaired) electrons. The maximum atomic E-state index is 12.2. The largest absolute Gasteiger partial charge is 0.466 e. The van der Waals surface area contributed by atoms with Crippen LogP contribution in [0, 0.1) is 0 Å². The Morgan fingerprint density at radius 2 is 2.17 bits per heavy atom. The number of nitrogens with zero attached hydrogens (tertiary/aromatic N) is 3. The Bertz CT molecular complexity index is 951. The number of ether oxygens (including phenoxy) is 1. The maximum absolute atomic E-state index is 12.2. The molecule has 0 aliphatic carbocycles. The van der Waals surface area contributed by atoms with Crippen molar-refractivity contribution in [3.8, 4) is 0 Å². The van der Waals surface area contributed by atoms with E-state index in [9.17, 15) is 9.59 Å². The van der Waals surface area contributed by atoms with Gasteiger partial charge in [0.2, 0.25) is 4.96 Å². The Labute approximate surface area is 146 Å². The molecule has 0 unspecified atom stereocenters. The number of hydrogen-bond donors (Lipinski definition) is 0. The van der Waals surface area contributed by atoms with Crippen LogP contribution in [-0.4, -0.2) is 27.2 Å². The number of thiazole rings is 1. The number of aromatic nitrogens is 3. The first kappa shape index (κ1) is 16.6. The normalized spacial score (nSPS) is 10.9. The average molecular weight is 364 g/mol. The first-order chi connectivity index (χ1) is 11.6. The van der Waals surface area contributed by atoms with E-state index in [2.05, 4.69) is 10.1 Å². The zero-order valence-corrected chi connectivity index (χ0v) is 14.4. The summed E-state index contributed by atoms with van der Waals surface area (Å²) in [7, 11) is 0. The molecule has 0 spiro atoms. The van der Waals surface area contributed by atoms with Crippen LogP contribution in [0.1, 0.15) is 23.9 Å². The molecule has 6 nitrogen and oxygen atoms in total. The third-order valence-corrected chi connectivity index (χ3v) is 4.60. The van der Waals surface area contributed by atoms with Gasteiger partial charge in [-0.15, -0.1) is 11.3 Å². The van der Waals surface area contributed by atoms with Crippen molar-refractivity contribution in [2.24, 2.45) is 0 Å². The number of hydrogen-bond acceptors (Lipinski definition) is 6. The summed E-state index contributed by atoms with van der Waals surface area (Å²) in [5.41, 5.74) is 1.33. The van der Waals surface area contributed by atoms with E-state index in [4.69, 9.17) is 16.3 Å². The molecule has 0 N–H and O–H groups in total. The fourth-order valence-electron chi connectivity index (χ4n) is 2.25. The van der Waals surface area contributed by atoms with E-state index in [0.29, 0.717) is 22.3 Å². The molecule has 0 saturated carbocycles. The Morgan fingerprint density at radius 1 is 1.38 bits per heavy atom. The maximum Gasteiger partial charge on any atom is 0.311 e. The van der Waals surface area contributed by atoms with Gasteiger partial charge in [0.1, 0.15) is 5.69 Å². The van der Waals surface area contributed by atoms with Crippen molar-refractivity contribution < 1.29 is 9.53 Å². The molecule has 24 heavy (non-hydrogen) atoms. The molecule has 0 bridgehead atoms. The molecule has 2 heterocycles. The van der Waals surface area contributed by atoms with Crippen molar-refractivity contribution in [2.75, 3.05) is 6.61 Å². The number of fused-ring (bicyclic) bond motifs is 1. The highest BCUT2D eigenvalue weighted by atomic mass is 35.5. The number of halogens is 1. The van der Waals surface area contributed by atoms with Crippen molar-refractivity contribution in [1.29, 1.82) is 0 Å². The van der Waals surface area contributed by atoms with Crippen LogP contribution >= 0.6 is 22.9 Å². The number of benzene rings is 1. The van der Waals surface area contributed by atoms with Crippen LogP contribution in [0.5, 0.6) is 0 Å². The van der Waals surface area contributed by atoms with E-state index >= 15 is 0 Å². The summed E-state index contributed by atoms with van der Waals surface area (Å²) in [6, 6.07) is 7.27. The molecule has 0 aliphatic heterocycles. The first-order valence-corrected chi connectivity index (χ1v) is 8.59. The van der Waals surface area contributed by atoms with Crippen LogP contribution in [-0.2, 0) is 22.4 Å². The molecule has 1 aromatic carbocycles. The van der Waals surface area contributed by atoms with E-state index in [1.165, 1.54) is 15.9 Å². The lowest BCUT2D eigenvalue weighted by Crippen LogP contribution is -2.20. The second-order valence-corrected chi connectivity index (χ2v) is 6.28. The van der Waals surface area contributed by atoms with Crippen LogP contribution in [0.3, 0.4) is 0 Å². The molecular weight excluding hydrogens is 350 g/mol. The van der Waals surface area contributed by atoms with Gasteiger partial charge in [-0.05, 0) is 18.6 Å². The summed E-state index contributed by atoms with van der Waals surface area (Å²) in [4.78, 5) is 28.3. The van der Waals surface area contributed by atoms with Crippen LogP contribution in [0.2, 0.25) is 5.02 Å². The van der Waals surface area contributed by atoms with E-state index < -0.39 is 0 Å². The van der Waals surface area contributed by atoms with Gasteiger partial charge in [0.15, 0.2) is 0 Å². The summed E-state index contributed by atoms with van der Waals surface area (Å²) in [5.74, 6) is -0.342. The molecule has 0 aliphatic rings. The van der Waals surface area contributed by atoms with Crippen LogP contribution in [0.25, 0.3) is 4.96 Å². The van der Waals surface area contributed by atoms with Crippen molar-refractivity contribution in [3.63, 3.8) is 0 Å². The summed E-state index contributed by atoms with van der Waals surface area (Å²) in [6.45, 7) is 2.07. The van der Waals surface area contributed by atoms with Crippen molar-refractivity contribution in [1.82, 2.24) is 14.6 Å². The lowest BCUT2D eigenvalue weighted by atomic mass is 10.1. The number of esters is 1. The third kappa shape index (κ3) is 3.47. The predicted octanol–water partition coefficient (Wildman–Crippen LogP) is 2.50. The summed E-state index contributed by atoms with van der Waals surface area (Å²) < 4.78 is 6.48. The SMILES string of the molecule is CCOC(=O)Cc1csc2nc(=O)c(Cc3ccccc3Cl)nn12. The highest BCUT2D eigenvalue weighted by Crippen LogP contribution is 2.18. The van der Waals surface area contributed by atoms with Gasteiger partial charge in [0, 0.05) is 16.8 Å². The molecule has 124 valence electrons. The van der Waals surface area contributed by atoms with E-state index in [1.54, 1.807) is 18.4 Å². The van der Waals surface area contributed by atoms with Crippen molar-refractivity contribution >= 4 is 33.9 Å². The van der Waals surface area contributed by atoms with Gasteiger partial charge in [0.05, 0.1) is 18.7 Å². The lowest BCUT2D eigenvalue weighted by molar-refractivity contribution is -0.142. The standard InChI is InChI=1S/C16H14ClN3O3S/c1-2-23-14(21)8-11-9-24-16-18-15(22)13(19-20(11)16)7-10-5-3-4-6-12(10)17/h3-6,9H,2,7-8H2,1H3. The van der Waals surface area contributed by atoms with Crippen molar-refractivity contribution in [3.05, 3.63) is 62.0 Å². The Hall–Kier alpha value is -2.25. The lowest BCUT2D eigenvalue weighted by Gasteiger charge is -2.05. The highest BCUT2D eigenvalue weighted by molar-refractivity contribution is 7.15. The van der Waals surface area contributed by atoms with Crippen LogP contribution in [0.4, 0.5) is 0 Å². The molecule has 2 aromatic heterocycles. The number of carbonyl (C=O) groups excluding carboxylic acids is 1. The van der Waals surface area contributed by atoms with Crippen LogP contribution in [0.15, 0.2) is 34.4 Å². The van der Waals surface area contributed by atoms with Gasteiger partial charge < -0.3 is 4.74 Å². The van der Waals surface area contributed by atoms with Gasteiger partial charge in [-0.25, -0.2) is 4.52 Å². The zero-order valence-electron chi connectivity index (χ0n) is 12.9. The smallest absolute Gasteiger partial charge is 0.311 e. The highest BCUT2D eigenvalue weighted by Gasteiger charge is 2.14. The fraction of sp³-hybridized carbons (Fsp3) is 0.250. The van der Waals surface area contributed by atoms with Crippen molar-refractivity contribution in [2.45, 2.75) is 19.8 Å². The Kier molecular flexibility index (Phi) is 4.92. The van der Waals surface area contributed by atoms with Gasteiger partial charge in [-0.1, -0.05) is 29.8 Å². The minimum Gasteiger partial charge on any atom is -0.466 e. The number of rotatable bonds is 5. The monoisotopic (exact) mass is 363 g/mol. The second-order valence-electron chi connectivity index (χ2n) is 5.04. The summed E-state index contributed by atoms with van der Waals surface area (Å²) in [5, 5.41) is 6.70. The molecule has 0 saturated heterocycles. The second kappa shape index (κ2) is 7.11. The Morgan fingerprint density at radius 3 is 2.92 bits per heavy atom. The Balaban J connectivity index is 1.97. The van der Waals surface area contributed by atoms with Gasteiger partial charge >= 0.3 is 5.97 Å². The summed E-state index contributed by atoms with van der Waals surface area (Å²) in [6.07, 6.45) is 0.361. The molecule has 0 atom stereocenters. The van der Waals surface area contributed by atoms with Gasteiger partial charge in [-0.2, -0.15) is 10.1 Å². The molecular formula is C16H14ClN3O3S. The summed E-state index contributed by atoms with van der Waals surface area (Å²) >= 11 is 7.40. The zero-order chi connectivity index (χ0) is 17.1. The molecule has 0 amide bonds. The van der Waals surface area contributed by atoms with E-state index in [-0.39, 0.29) is 30.1 Å². The quantitative estimate of drug-likeness (QED) is 0.651. The van der Waals surface area contributed by atoms with Crippen LogP contribution < -0.4 is 5.56 Å². The average Bonchev–Trinajstić information content (AvgIpc) is 2.92. The molecule has 0 fully saturated rings.